The van der Waals surface area contributed by atoms with E-state index in [0.29, 0.717) is 44.1 Å². The Morgan fingerprint density at radius 3 is 2.38 bits per heavy atom. The monoisotopic (exact) mass is 570 g/mol. The lowest BCUT2D eigenvalue weighted by Crippen LogP contribution is -2.65. The third kappa shape index (κ3) is 3.94. The molecule has 2 heterocycles. The number of rotatable bonds is 9. The highest BCUT2D eigenvalue weighted by molar-refractivity contribution is 5.95. The van der Waals surface area contributed by atoms with Crippen LogP contribution < -0.4 is 4.90 Å². The zero-order valence-electron chi connectivity index (χ0n) is 24.4. The van der Waals surface area contributed by atoms with E-state index in [1.54, 1.807) is 0 Å². The largest absolute Gasteiger partial charge is 0.339 e. The van der Waals surface area contributed by atoms with E-state index < -0.39 is 5.67 Å². The van der Waals surface area contributed by atoms with Crippen molar-refractivity contribution in [2.75, 3.05) is 11.4 Å². The highest BCUT2D eigenvalue weighted by atomic mass is 19.1. The Labute approximate surface area is 245 Å². The average molecular weight is 571 g/mol. The molecule has 0 N–H and O–H groups in total. The van der Waals surface area contributed by atoms with Crippen molar-refractivity contribution in [2.45, 2.75) is 113 Å². The highest BCUT2D eigenvalue weighted by Crippen LogP contribution is 2.71. The van der Waals surface area contributed by atoms with Crippen molar-refractivity contribution in [3.63, 3.8) is 0 Å². The molecule has 0 unspecified atom stereocenters. The van der Waals surface area contributed by atoms with E-state index in [1.807, 2.05) is 18.0 Å². The fraction of sp³-hybridized carbons (Fsp3) is 0.667. The number of nitrogens with zero attached hydrogens (tertiary/aromatic N) is 6. The molecule has 0 atom stereocenters. The summed E-state index contributed by atoms with van der Waals surface area (Å²) in [7, 11) is 2.04. The first-order chi connectivity index (χ1) is 20.3. The van der Waals surface area contributed by atoms with Crippen molar-refractivity contribution in [1.29, 1.82) is 0 Å². The van der Waals surface area contributed by atoms with Crippen molar-refractivity contribution in [2.24, 2.45) is 17.9 Å². The Morgan fingerprint density at radius 1 is 1.00 bits per heavy atom. The van der Waals surface area contributed by atoms with Gasteiger partial charge in [0, 0.05) is 48.5 Å². The van der Waals surface area contributed by atoms with E-state index in [0.717, 1.165) is 73.1 Å². The van der Waals surface area contributed by atoms with Gasteiger partial charge in [-0.15, -0.1) is 10.2 Å². The maximum Gasteiger partial charge on any atom is 0.232 e. The van der Waals surface area contributed by atoms with Gasteiger partial charge in [-0.1, -0.05) is 17.3 Å². The van der Waals surface area contributed by atoms with Gasteiger partial charge < -0.3 is 14.0 Å². The van der Waals surface area contributed by atoms with E-state index in [2.05, 4.69) is 38.1 Å². The van der Waals surface area contributed by atoms with E-state index in [1.165, 1.54) is 25.7 Å². The molecule has 0 saturated heterocycles. The van der Waals surface area contributed by atoms with Gasteiger partial charge in [0.05, 0.1) is 0 Å². The molecule has 8 fully saturated rings. The molecule has 8 saturated carbocycles. The summed E-state index contributed by atoms with van der Waals surface area (Å²) in [6, 6.07) is 8.27. The van der Waals surface area contributed by atoms with Crippen molar-refractivity contribution >= 4 is 11.6 Å². The quantitative estimate of drug-likeness (QED) is 0.291. The molecule has 4 bridgehead atoms. The van der Waals surface area contributed by atoms with Crippen molar-refractivity contribution in [3.8, 4) is 11.4 Å². The maximum absolute atomic E-state index is 14.4. The van der Waals surface area contributed by atoms with Crippen LogP contribution >= 0.6 is 0 Å². The minimum Gasteiger partial charge on any atom is -0.339 e. The average Bonchev–Trinajstić information content (AvgIpc) is 3.91. The minimum atomic E-state index is -1.00. The van der Waals surface area contributed by atoms with Gasteiger partial charge in [0.1, 0.15) is 11.5 Å². The Kier molecular flexibility index (Phi) is 5.14. The lowest BCUT2D eigenvalue weighted by atomic mass is 9.41. The molecule has 0 aliphatic heterocycles. The normalized spacial score (nSPS) is 34.6. The summed E-state index contributed by atoms with van der Waals surface area (Å²) >= 11 is 0. The predicted octanol–water partition coefficient (Wildman–Crippen LogP) is 6.53. The number of amides is 1. The molecule has 2 aromatic heterocycles. The first-order valence-corrected chi connectivity index (χ1v) is 16.1. The Balaban J connectivity index is 0.990. The summed E-state index contributed by atoms with van der Waals surface area (Å²) in [5.41, 5.74) is 0.816. The van der Waals surface area contributed by atoms with Crippen LogP contribution in [-0.4, -0.2) is 43.0 Å². The Hall–Kier alpha value is -3.10. The number of carbonyl (C=O) groups is 1. The number of hydrogen-bond acceptors (Lipinski definition) is 6. The molecule has 0 spiro atoms. The molecule has 8 nitrogen and oxygen atoms in total. The van der Waals surface area contributed by atoms with Gasteiger partial charge in [0.15, 0.2) is 11.6 Å². The van der Waals surface area contributed by atoms with Gasteiger partial charge in [-0.05, 0) is 106 Å². The molecule has 11 rings (SSSR count). The van der Waals surface area contributed by atoms with Gasteiger partial charge in [0.2, 0.25) is 11.8 Å². The highest BCUT2D eigenvalue weighted by Gasteiger charge is 2.69. The first-order valence-electron chi connectivity index (χ1n) is 16.1. The summed E-state index contributed by atoms with van der Waals surface area (Å²) in [6.45, 7) is 0.700. The SMILES string of the molecule is Cn1c(-c2cccc(N(CC34CCC(c5nc(C6CC6)no5)(CC3)CC4)C(=O)CC34CC(F)(C3)C4)c2)nnc1C1CC1. The second-order valence-electron chi connectivity index (χ2n) is 15.1. The molecule has 3 aromatic rings. The van der Waals surface area contributed by atoms with Crippen LogP contribution in [0.25, 0.3) is 11.4 Å². The molecule has 8 aliphatic carbocycles. The molecule has 42 heavy (non-hydrogen) atoms. The van der Waals surface area contributed by atoms with E-state index >= 15 is 0 Å². The van der Waals surface area contributed by atoms with Crippen LogP contribution in [0.2, 0.25) is 0 Å². The topological polar surface area (TPSA) is 89.9 Å². The zero-order chi connectivity index (χ0) is 28.3. The molecule has 220 valence electrons. The fourth-order valence-electron chi connectivity index (χ4n) is 9.00. The third-order valence-electron chi connectivity index (χ3n) is 11.9. The van der Waals surface area contributed by atoms with Crippen molar-refractivity contribution < 1.29 is 13.7 Å². The fourth-order valence-corrected chi connectivity index (χ4v) is 9.00. The Bertz CT molecular complexity index is 1540. The van der Waals surface area contributed by atoms with Crippen LogP contribution in [0.4, 0.5) is 10.1 Å². The molecular weight excluding hydrogens is 531 g/mol. The lowest BCUT2D eigenvalue weighted by molar-refractivity contribution is -0.215. The molecule has 1 amide bonds. The minimum absolute atomic E-state index is 0.0115. The number of benzene rings is 1. The standard InChI is InChI=1S/C33H39FN6O2/c1-39-27(22-7-8-22)36-37-28(39)23-3-2-4-24(15-23)40(25(41)16-31-17-33(34,18-31)19-31)20-30-9-12-32(13-10-30,14-11-30)29-35-26(38-42-29)21-5-6-21/h2-4,15,21-22H,5-14,16-20H2,1H3. The maximum atomic E-state index is 14.4. The summed E-state index contributed by atoms with van der Waals surface area (Å²) in [5.74, 6) is 4.77. The second-order valence-corrected chi connectivity index (χ2v) is 15.1. The van der Waals surface area contributed by atoms with E-state index in [-0.39, 0.29) is 22.2 Å². The zero-order valence-corrected chi connectivity index (χ0v) is 24.4. The number of carbonyl (C=O) groups excluding carboxylic acids is 1. The van der Waals surface area contributed by atoms with Crippen LogP contribution in [0.15, 0.2) is 28.8 Å². The lowest BCUT2D eigenvalue weighted by Gasteiger charge is -2.66. The Morgan fingerprint density at radius 2 is 1.71 bits per heavy atom. The van der Waals surface area contributed by atoms with Crippen LogP contribution in [0.3, 0.4) is 0 Å². The van der Waals surface area contributed by atoms with Crippen LogP contribution in [0.5, 0.6) is 0 Å². The van der Waals surface area contributed by atoms with Gasteiger partial charge in [-0.3, -0.25) is 4.79 Å². The van der Waals surface area contributed by atoms with E-state index in [4.69, 9.17) is 9.51 Å². The number of hydrogen-bond donors (Lipinski definition) is 0. The third-order valence-corrected chi connectivity index (χ3v) is 11.9. The summed E-state index contributed by atoms with van der Waals surface area (Å²) in [4.78, 5) is 21.0. The van der Waals surface area contributed by atoms with Gasteiger partial charge in [-0.2, -0.15) is 4.98 Å². The molecule has 1 aromatic carbocycles. The van der Waals surface area contributed by atoms with Gasteiger partial charge in [-0.25, -0.2) is 4.39 Å². The predicted molar refractivity (Wildman–Crippen MR) is 154 cm³/mol. The van der Waals surface area contributed by atoms with Crippen LogP contribution in [0, 0.1) is 10.8 Å². The van der Waals surface area contributed by atoms with Crippen LogP contribution in [0.1, 0.15) is 119 Å². The van der Waals surface area contributed by atoms with Crippen molar-refractivity contribution in [3.05, 3.63) is 41.8 Å². The first kappa shape index (κ1) is 25.4. The number of anilines is 1. The van der Waals surface area contributed by atoms with Crippen molar-refractivity contribution in [1.82, 2.24) is 24.9 Å². The van der Waals surface area contributed by atoms with Crippen LogP contribution in [-0.2, 0) is 17.3 Å². The van der Waals surface area contributed by atoms with Gasteiger partial charge in [0.25, 0.3) is 0 Å². The van der Waals surface area contributed by atoms with Gasteiger partial charge >= 0.3 is 0 Å². The number of aromatic nitrogens is 5. The summed E-state index contributed by atoms with van der Waals surface area (Å²) < 4.78 is 22.4. The smallest absolute Gasteiger partial charge is 0.232 e. The van der Waals surface area contributed by atoms with E-state index in [9.17, 15) is 9.18 Å². The number of halogens is 1. The number of fused-ring (bicyclic) bond motifs is 3. The second kappa shape index (κ2) is 8.50. The summed E-state index contributed by atoms with van der Waals surface area (Å²) in [6.07, 6.45) is 13.0. The molecule has 0 radical (unpaired) electrons. The molecule has 8 aliphatic rings. The molecular formula is C33H39FN6O2. The molecule has 9 heteroatoms. The number of alkyl halides is 1. The summed E-state index contributed by atoms with van der Waals surface area (Å²) in [5, 5.41) is 13.4.